The zero-order chi connectivity index (χ0) is 29.2. The van der Waals surface area contributed by atoms with Gasteiger partial charge in [0.1, 0.15) is 12.1 Å². The van der Waals surface area contributed by atoms with Crippen LogP contribution in [0.25, 0.3) is 22.2 Å². The van der Waals surface area contributed by atoms with Crippen LogP contribution in [0.2, 0.25) is 5.02 Å². The Balaban J connectivity index is 1.60. The fraction of sp³-hybridized carbons (Fsp3) is 0.154. The van der Waals surface area contributed by atoms with Crippen molar-refractivity contribution < 1.29 is 22.4 Å². The van der Waals surface area contributed by atoms with E-state index in [1.807, 2.05) is 0 Å². The first-order chi connectivity index (χ1) is 19.5. The molecule has 0 saturated heterocycles. The van der Waals surface area contributed by atoms with Crippen molar-refractivity contribution in [2.75, 3.05) is 5.32 Å². The number of nitrogens with one attached hydrogen (secondary N) is 1. The van der Waals surface area contributed by atoms with Gasteiger partial charge in [0.15, 0.2) is 23.3 Å². The molecule has 41 heavy (non-hydrogen) atoms. The predicted molar refractivity (Wildman–Crippen MR) is 139 cm³/mol. The van der Waals surface area contributed by atoms with E-state index in [4.69, 9.17) is 11.6 Å². The number of amides is 1. The first-order valence-electron chi connectivity index (χ1n) is 11.9. The number of nitrogens with zero attached hydrogens (tertiary/aromatic N) is 6. The fourth-order valence-corrected chi connectivity index (χ4v) is 4.98. The summed E-state index contributed by atoms with van der Waals surface area (Å²) in [4.78, 5) is 47.3. The minimum atomic E-state index is -1.70. The Bertz CT molecular complexity index is 2030. The molecule has 0 unspecified atom stereocenters. The number of carbonyl (C=O) groups excluding carboxylic acids is 1. The third-order valence-electron chi connectivity index (χ3n) is 6.54. The van der Waals surface area contributed by atoms with Gasteiger partial charge in [-0.25, -0.2) is 32.3 Å². The van der Waals surface area contributed by atoms with Gasteiger partial charge >= 0.3 is 5.69 Å². The molecule has 1 amide bonds. The topological polar surface area (TPSA) is 117 Å². The highest BCUT2D eigenvalue weighted by molar-refractivity contribution is 6.33. The van der Waals surface area contributed by atoms with E-state index in [1.165, 1.54) is 23.1 Å². The van der Waals surface area contributed by atoms with Crippen LogP contribution >= 0.6 is 11.6 Å². The number of pyridine rings is 1. The summed E-state index contributed by atoms with van der Waals surface area (Å²) in [5.41, 5.74) is -1.49. The average Bonchev–Trinajstić information content (AvgIpc) is 3.49. The van der Waals surface area contributed by atoms with E-state index in [1.54, 1.807) is 7.05 Å². The molecule has 5 aromatic rings. The summed E-state index contributed by atoms with van der Waals surface area (Å²) >= 11 is 6.39. The molecule has 1 N–H and O–H groups in total. The highest BCUT2D eigenvalue weighted by atomic mass is 35.5. The van der Waals surface area contributed by atoms with Crippen LogP contribution in [0.1, 0.15) is 17.1 Å². The first-order valence-corrected chi connectivity index (χ1v) is 12.3. The van der Waals surface area contributed by atoms with E-state index in [0.717, 1.165) is 10.6 Å². The van der Waals surface area contributed by atoms with Crippen LogP contribution in [0.5, 0.6) is 0 Å². The normalized spacial score (nSPS) is 12.7. The second kappa shape index (κ2) is 9.66. The maximum atomic E-state index is 15.7. The highest BCUT2D eigenvalue weighted by Crippen LogP contribution is 2.34. The number of anilines is 1. The molecule has 0 spiro atoms. The predicted octanol–water partition coefficient (Wildman–Crippen LogP) is 3.15. The zero-order valence-corrected chi connectivity index (χ0v) is 21.6. The maximum Gasteiger partial charge on any atom is 0.332 e. The van der Waals surface area contributed by atoms with Crippen LogP contribution in [-0.2, 0) is 31.4 Å². The van der Waals surface area contributed by atoms with Gasteiger partial charge in [-0.15, -0.1) is 0 Å². The van der Waals surface area contributed by atoms with Crippen LogP contribution in [0, 0.1) is 23.3 Å². The lowest BCUT2D eigenvalue weighted by Gasteiger charge is -2.16. The summed E-state index contributed by atoms with van der Waals surface area (Å²) in [5, 5.41) is 6.19. The molecule has 0 atom stereocenters. The van der Waals surface area contributed by atoms with Crippen molar-refractivity contribution in [3.8, 4) is 11.3 Å². The Kier molecular flexibility index (Phi) is 6.21. The van der Waals surface area contributed by atoms with Gasteiger partial charge in [0.05, 0.1) is 52.5 Å². The lowest BCUT2D eigenvalue weighted by molar-refractivity contribution is -0.115. The lowest BCUT2D eigenvalue weighted by atomic mass is 10.1. The Morgan fingerprint density at radius 2 is 1.68 bits per heavy atom. The van der Waals surface area contributed by atoms with Crippen molar-refractivity contribution in [3.05, 3.63) is 103 Å². The first kappa shape index (κ1) is 26.4. The number of aryl methyl sites for hydroxylation is 1. The zero-order valence-electron chi connectivity index (χ0n) is 20.9. The standard InChI is InChI=1S/C26H16ClF4N7O3/c1-36-10-32-20(35-36)9-38-25(40)22-14(28)4-12(24-13(27)6-17-18(34-24)7-21(39)33-17)5-19(22)37(26(38)41)8-11-2-15(29)23(31)16(30)3-11/h2-6,10H,7-9H2,1H3,(H,33,39). The average molecular weight is 586 g/mol. The molecule has 208 valence electrons. The molecule has 3 aromatic heterocycles. The van der Waals surface area contributed by atoms with Crippen molar-refractivity contribution in [1.82, 2.24) is 28.9 Å². The minimum absolute atomic E-state index is 0.0335. The number of halogens is 5. The molecule has 0 bridgehead atoms. The van der Waals surface area contributed by atoms with Crippen LogP contribution in [0.4, 0.5) is 23.2 Å². The lowest BCUT2D eigenvalue weighted by Crippen LogP contribution is -2.41. The quantitative estimate of drug-likeness (QED) is 0.250. The third kappa shape index (κ3) is 4.55. The number of fused-ring (bicyclic) bond motifs is 2. The largest absolute Gasteiger partial charge is 0.332 e. The van der Waals surface area contributed by atoms with Crippen LogP contribution in [-0.4, -0.2) is 34.8 Å². The molecule has 1 aliphatic heterocycles. The summed E-state index contributed by atoms with van der Waals surface area (Å²) < 4.78 is 60.4. The number of hydrogen-bond acceptors (Lipinski definition) is 6. The molecule has 1 aliphatic rings. The van der Waals surface area contributed by atoms with Gasteiger partial charge in [-0.1, -0.05) is 11.6 Å². The van der Waals surface area contributed by atoms with Crippen molar-refractivity contribution in [2.45, 2.75) is 19.5 Å². The Morgan fingerprint density at radius 3 is 2.37 bits per heavy atom. The van der Waals surface area contributed by atoms with Gasteiger partial charge in [0.2, 0.25) is 5.91 Å². The molecular formula is C26H16ClF4N7O3. The smallest absolute Gasteiger partial charge is 0.324 e. The van der Waals surface area contributed by atoms with E-state index in [9.17, 15) is 27.6 Å². The van der Waals surface area contributed by atoms with Crippen molar-refractivity contribution in [2.24, 2.45) is 7.05 Å². The van der Waals surface area contributed by atoms with E-state index in [2.05, 4.69) is 20.4 Å². The van der Waals surface area contributed by atoms with Crippen LogP contribution in [0.15, 0.2) is 46.2 Å². The van der Waals surface area contributed by atoms with Gasteiger partial charge in [-0.3, -0.25) is 23.4 Å². The van der Waals surface area contributed by atoms with Crippen LogP contribution in [0.3, 0.4) is 0 Å². The minimum Gasteiger partial charge on any atom is -0.324 e. The molecular weight excluding hydrogens is 570 g/mol. The Morgan fingerprint density at radius 1 is 0.951 bits per heavy atom. The fourth-order valence-electron chi connectivity index (χ4n) is 4.71. The Hall–Kier alpha value is -4.85. The second-order valence-corrected chi connectivity index (χ2v) is 9.77. The Labute approximate surface area is 231 Å². The third-order valence-corrected chi connectivity index (χ3v) is 6.83. The molecule has 0 aliphatic carbocycles. The molecule has 0 radical (unpaired) electrons. The summed E-state index contributed by atoms with van der Waals surface area (Å²) in [5.74, 6) is -5.95. The van der Waals surface area contributed by atoms with E-state index in [0.29, 0.717) is 28.1 Å². The van der Waals surface area contributed by atoms with E-state index >= 15 is 4.39 Å². The maximum absolute atomic E-state index is 15.7. The van der Waals surface area contributed by atoms with E-state index < -0.39 is 53.0 Å². The van der Waals surface area contributed by atoms with Crippen molar-refractivity contribution in [1.29, 1.82) is 0 Å². The van der Waals surface area contributed by atoms with Gasteiger partial charge < -0.3 is 5.32 Å². The van der Waals surface area contributed by atoms with Gasteiger partial charge in [-0.2, -0.15) is 5.10 Å². The SMILES string of the molecule is Cn1cnc(Cn2c(=O)c3c(F)cc(-c4nc5c(cc4Cl)NC(=O)C5)cc3n(Cc3cc(F)c(F)c(F)c3)c2=O)n1. The molecule has 2 aromatic carbocycles. The number of carbonyl (C=O) groups is 1. The molecule has 6 rings (SSSR count). The summed E-state index contributed by atoms with van der Waals surface area (Å²) in [6.07, 6.45) is 1.31. The monoisotopic (exact) mass is 585 g/mol. The summed E-state index contributed by atoms with van der Waals surface area (Å²) in [7, 11) is 1.57. The van der Waals surface area contributed by atoms with Crippen LogP contribution < -0.4 is 16.6 Å². The number of hydrogen-bond donors (Lipinski definition) is 1. The summed E-state index contributed by atoms with van der Waals surface area (Å²) in [6.45, 7) is -0.993. The number of rotatable bonds is 5. The van der Waals surface area contributed by atoms with E-state index in [-0.39, 0.29) is 45.5 Å². The molecule has 15 heteroatoms. The summed E-state index contributed by atoms with van der Waals surface area (Å²) in [6, 6.07) is 5.11. The van der Waals surface area contributed by atoms with Crippen molar-refractivity contribution in [3.63, 3.8) is 0 Å². The number of aromatic nitrogens is 6. The second-order valence-electron chi connectivity index (χ2n) is 9.36. The highest BCUT2D eigenvalue weighted by Gasteiger charge is 2.24. The van der Waals surface area contributed by atoms with Gasteiger partial charge in [0.25, 0.3) is 5.56 Å². The number of benzene rings is 2. The molecule has 4 heterocycles. The molecule has 0 fully saturated rings. The molecule has 10 nitrogen and oxygen atoms in total. The van der Waals surface area contributed by atoms with Crippen molar-refractivity contribution >= 4 is 34.1 Å². The molecule has 0 saturated carbocycles. The van der Waals surface area contributed by atoms with Gasteiger partial charge in [-0.05, 0) is 35.9 Å². The van der Waals surface area contributed by atoms with Gasteiger partial charge in [0, 0.05) is 12.6 Å².